The third kappa shape index (κ3) is 8.34. The Labute approximate surface area is 317 Å². The summed E-state index contributed by atoms with van der Waals surface area (Å²) < 4.78 is 73.3. The summed E-state index contributed by atoms with van der Waals surface area (Å²) in [4.78, 5) is 26.0. The zero-order valence-electron chi connectivity index (χ0n) is 25.4. The molecule has 5 aromatic rings. The van der Waals surface area contributed by atoms with Crippen molar-refractivity contribution in [3.05, 3.63) is 140 Å². The van der Waals surface area contributed by atoms with Crippen molar-refractivity contribution in [1.29, 1.82) is 0 Å². The zero-order chi connectivity index (χ0) is 33.1. The maximum atomic E-state index is 13.7. The van der Waals surface area contributed by atoms with Gasteiger partial charge in [0.25, 0.3) is 0 Å². The smallest absolute Gasteiger partial charge is 0.537 e. The van der Waals surface area contributed by atoms with Crippen LogP contribution in [0.1, 0.15) is 47.1 Å². The SMILES string of the molecule is CCCCc1nn(-c2ccccc2C(F)(F)F)c(=O)n1Cc1ccc(-c2ccccc2S(=O)(=O)[N-]C(=O)c2ccccc2Cl)cc1.[K+]. The number of alkyl halides is 3. The first-order valence-electron chi connectivity index (χ1n) is 14.2. The molecule has 0 spiro atoms. The average Bonchev–Trinajstić information content (AvgIpc) is 3.34. The van der Waals surface area contributed by atoms with Gasteiger partial charge in [0.1, 0.15) is 15.8 Å². The van der Waals surface area contributed by atoms with E-state index in [2.05, 4.69) is 9.82 Å². The van der Waals surface area contributed by atoms with Crippen molar-refractivity contribution in [1.82, 2.24) is 14.3 Å². The zero-order valence-corrected chi connectivity index (χ0v) is 30.1. The topological polar surface area (TPSA) is 105 Å². The molecule has 0 saturated carbocycles. The molecule has 47 heavy (non-hydrogen) atoms. The molecule has 0 aliphatic carbocycles. The van der Waals surface area contributed by atoms with Crippen molar-refractivity contribution < 1.29 is 77.8 Å². The Hall–Kier alpha value is -3.04. The first-order valence-corrected chi connectivity index (χ1v) is 16.0. The number of sulfonamides is 1. The van der Waals surface area contributed by atoms with Crippen LogP contribution in [0.2, 0.25) is 5.02 Å². The van der Waals surface area contributed by atoms with Gasteiger partial charge in [-0.2, -0.15) is 17.9 Å². The number of carbonyl (C=O) groups is 1. The molecule has 5 rings (SSSR count). The third-order valence-corrected chi connectivity index (χ3v) is 8.86. The monoisotopic (exact) mass is 706 g/mol. The van der Waals surface area contributed by atoms with E-state index in [1.807, 2.05) is 6.92 Å². The molecule has 0 radical (unpaired) electrons. The number of para-hydroxylation sites is 1. The maximum Gasteiger partial charge on any atom is 1.00 e. The van der Waals surface area contributed by atoms with E-state index in [1.54, 1.807) is 48.5 Å². The number of rotatable bonds is 10. The minimum atomic E-state index is -4.68. The third-order valence-electron chi connectivity index (χ3n) is 7.21. The maximum absolute atomic E-state index is 13.7. The molecule has 238 valence electrons. The van der Waals surface area contributed by atoms with Crippen molar-refractivity contribution in [2.24, 2.45) is 0 Å². The quantitative estimate of drug-likeness (QED) is 0.197. The van der Waals surface area contributed by atoms with Gasteiger partial charge in [0.15, 0.2) is 0 Å². The summed E-state index contributed by atoms with van der Waals surface area (Å²) in [6.07, 6.45) is -2.84. The molecule has 0 unspecified atom stereocenters. The predicted octanol–water partition coefficient (Wildman–Crippen LogP) is 4.67. The minimum absolute atomic E-state index is 0. The molecule has 8 nitrogen and oxygen atoms in total. The molecule has 4 aromatic carbocycles. The van der Waals surface area contributed by atoms with Crippen molar-refractivity contribution in [3.63, 3.8) is 0 Å². The fourth-order valence-corrected chi connectivity index (χ4v) is 6.26. The van der Waals surface area contributed by atoms with Crippen LogP contribution in [0, 0.1) is 0 Å². The van der Waals surface area contributed by atoms with E-state index in [4.69, 9.17) is 11.6 Å². The van der Waals surface area contributed by atoms with Crippen LogP contribution in [0.4, 0.5) is 13.2 Å². The number of hydrogen-bond acceptors (Lipinski definition) is 5. The van der Waals surface area contributed by atoms with E-state index >= 15 is 0 Å². The summed E-state index contributed by atoms with van der Waals surface area (Å²) in [5.41, 5.74) is -0.670. The number of amides is 1. The average molecular weight is 707 g/mol. The van der Waals surface area contributed by atoms with Crippen LogP contribution in [0.5, 0.6) is 0 Å². The fourth-order valence-electron chi connectivity index (χ4n) is 4.92. The van der Waals surface area contributed by atoms with Crippen LogP contribution < -0.4 is 57.1 Å². The summed E-state index contributed by atoms with van der Waals surface area (Å²) in [7, 11) is -4.44. The molecule has 1 amide bonds. The molecule has 0 aliphatic heterocycles. The Morgan fingerprint density at radius 2 is 1.55 bits per heavy atom. The first kappa shape index (κ1) is 36.8. The van der Waals surface area contributed by atoms with Crippen molar-refractivity contribution >= 4 is 27.5 Å². The van der Waals surface area contributed by atoms with Crippen LogP contribution in [0.25, 0.3) is 21.5 Å². The largest absolute Gasteiger partial charge is 1.00 e. The second kappa shape index (κ2) is 15.5. The van der Waals surface area contributed by atoms with E-state index in [0.29, 0.717) is 35.4 Å². The van der Waals surface area contributed by atoms with Gasteiger partial charge in [-0.3, -0.25) is 4.57 Å². The number of unbranched alkanes of at least 4 members (excludes halogenated alkanes) is 1. The number of aryl methyl sites for hydroxylation is 1. The van der Waals surface area contributed by atoms with Crippen LogP contribution in [-0.4, -0.2) is 28.7 Å². The second-order valence-corrected chi connectivity index (χ2v) is 12.3. The minimum Gasteiger partial charge on any atom is -0.537 e. The number of hydrogen-bond donors (Lipinski definition) is 0. The number of halogens is 4. The Balaban J connectivity index is 0.00000500. The summed E-state index contributed by atoms with van der Waals surface area (Å²) >= 11 is 6.05. The van der Waals surface area contributed by atoms with Gasteiger partial charge in [0.05, 0.1) is 28.6 Å². The number of benzene rings is 4. The van der Waals surface area contributed by atoms with Crippen molar-refractivity contribution in [3.8, 4) is 16.8 Å². The van der Waals surface area contributed by atoms with Gasteiger partial charge >= 0.3 is 63.3 Å². The number of nitrogens with zero attached hydrogens (tertiary/aromatic N) is 4. The van der Waals surface area contributed by atoms with Crippen molar-refractivity contribution in [2.45, 2.75) is 43.8 Å². The molecule has 0 N–H and O–H groups in total. The van der Waals surface area contributed by atoms with E-state index in [0.717, 1.165) is 17.2 Å². The predicted molar refractivity (Wildman–Crippen MR) is 169 cm³/mol. The van der Waals surface area contributed by atoms with Crippen LogP contribution in [-0.2, 0) is 29.2 Å². The van der Waals surface area contributed by atoms with Gasteiger partial charge < -0.3 is 9.52 Å². The molecule has 0 fully saturated rings. The van der Waals surface area contributed by atoms with Crippen molar-refractivity contribution in [2.75, 3.05) is 0 Å². The van der Waals surface area contributed by atoms with E-state index in [1.165, 1.54) is 47.0 Å². The molecule has 1 heterocycles. The molecular weight excluding hydrogens is 680 g/mol. The fraction of sp³-hybridized carbons (Fsp3) is 0.182. The summed E-state index contributed by atoms with van der Waals surface area (Å²) in [6, 6.07) is 23.5. The standard InChI is InChI=1S/C33H28ClF3N4O4S.K/c1-2-3-16-30-38-41(28-14-8-6-12-26(28)33(35,36)37)32(43)40(30)21-22-17-19-23(20-18-22)24-10-5-9-15-29(24)46(44,45)39-31(42)25-11-4-7-13-27(25)34;/h4-15,17-20H,2-3,16,21H2,1H3,(H,39,42);/q;+1/p-1. The summed E-state index contributed by atoms with van der Waals surface area (Å²) in [6.45, 7) is 1.98. The number of aromatic nitrogens is 3. The summed E-state index contributed by atoms with van der Waals surface area (Å²) in [5, 5.41) is 4.37. The van der Waals surface area contributed by atoms with E-state index in [-0.39, 0.29) is 79.1 Å². The Morgan fingerprint density at radius 3 is 2.23 bits per heavy atom. The Kier molecular flexibility index (Phi) is 12.1. The first-order chi connectivity index (χ1) is 21.9. The van der Waals surface area contributed by atoms with Crippen LogP contribution in [0.3, 0.4) is 0 Å². The van der Waals surface area contributed by atoms with E-state index < -0.39 is 33.4 Å². The molecule has 0 bridgehead atoms. The molecule has 0 atom stereocenters. The molecule has 1 aromatic heterocycles. The normalized spacial score (nSPS) is 11.6. The molecular formula is C33H27ClF3KN4O4S. The molecule has 0 saturated heterocycles. The van der Waals surface area contributed by atoms with Gasteiger partial charge in [-0.15, -0.1) is 5.10 Å². The number of carbonyl (C=O) groups excluding carboxylic acids is 1. The second-order valence-electron chi connectivity index (χ2n) is 10.4. The Morgan fingerprint density at radius 1 is 0.915 bits per heavy atom. The molecule has 14 heteroatoms. The van der Waals surface area contributed by atoms with Gasteiger partial charge in [0, 0.05) is 17.0 Å². The molecule has 0 aliphatic rings. The van der Waals surface area contributed by atoms with Crippen LogP contribution >= 0.6 is 11.6 Å². The van der Waals surface area contributed by atoms with Gasteiger partial charge in [-0.05, 0) is 47.4 Å². The van der Waals surface area contributed by atoms with Gasteiger partial charge in [-0.1, -0.05) is 97.7 Å². The van der Waals surface area contributed by atoms with Gasteiger partial charge in [0.2, 0.25) is 0 Å². The van der Waals surface area contributed by atoms with Gasteiger partial charge in [-0.25, -0.2) is 13.2 Å². The Bertz CT molecular complexity index is 2060. The summed E-state index contributed by atoms with van der Waals surface area (Å²) in [5.74, 6) is -0.660. The van der Waals surface area contributed by atoms with Crippen LogP contribution in [0.15, 0.2) is 107 Å². The van der Waals surface area contributed by atoms with E-state index in [9.17, 15) is 31.2 Å².